The summed E-state index contributed by atoms with van der Waals surface area (Å²) in [6, 6.07) is 24.4. The van der Waals surface area contributed by atoms with Crippen LogP contribution in [0.1, 0.15) is 84.3 Å². The molecule has 5 amide bonds. The Morgan fingerprint density at radius 2 is 1.43 bits per heavy atom. The lowest BCUT2D eigenvalue weighted by atomic mass is 9.84. The van der Waals surface area contributed by atoms with Crippen LogP contribution in [-0.2, 0) is 34.6 Å². The van der Waals surface area contributed by atoms with E-state index in [-0.39, 0.29) is 32.0 Å². The van der Waals surface area contributed by atoms with E-state index < -0.39 is 64.6 Å². The van der Waals surface area contributed by atoms with Gasteiger partial charge >= 0.3 is 12.1 Å². The number of amides is 5. The first-order valence-electron chi connectivity index (χ1n) is 21.6. The lowest BCUT2D eigenvalue weighted by Crippen LogP contribution is -2.59. The van der Waals surface area contributed by atoms with E-state index in [2.05, 4.69) is 20.6 Å². The van der Waals surface area contributed by atoms with Gasteiger partial charge in [-0.1, -0.05) is 108 Å². The normalized spacial score (nSPS) is 15.9. The Bertz CT molecular complexity index is 2170. The second kappa shape index (κ2) is 20.1. The molecular formula is C49H65N7O7. The van der Waals surface area contributed by atoms with Gasteiger partial charge < -0.3 is 35.8 Å². The zero-order chi connectivity index (χ0) is 46.3. The van der Waals surface area contributed by atoms with Crippen molar-refractivity contribution in [2.75, 3.05) is 20.1 Å². The average Bonchev–Trinajstić information content (AvgIpc) is 3.55. The van der Waals surface area contributed by atoms with E-state index in [1.165, 1.54) is 7.05 Å². The van der Waals surface area contributed by atoms with Gasteiger partial charge in [-0.25, -0.2) is 9.59 Å². The number of rotatable bonds is 17. The van der Waals surface area contributed by atoms with E-state index in [0.717, 1.165) is 27.3 Å². The molecule has 0 bridgehead atoms. The summed E-state index contributed by atoms with van der Waals surface area (Å²) in [4.78, 5) is 68.3. The topological polar surface area (TPSA) is 189 Å². The number of carbonyl (C=O) groups excluding carboxylic acids is 3. The number of benzene rings is 2. The van der Waals surface area contributed by atoms with Crippen molar-refractivity contribution in [1.29, 1.82) is 0 Å². The molecule has 5 rings (SSSR count). The minimum Gasteiger partial charge on any atom is -0.465 e. The van der Waals surface area contributed by atoms with Crippen LogP contribution in [0.3, 0.4) is 0 Å². The Morgan fingerprint density at radius 3 is 2.02 bits per heavy atom. The Balaban J connectivity index is 1.42. The Morgan fingerprint density at radius 1 is 0.778 bits per heavy atom. The first-order chi connectivity index (χ1) is 29.5. The smallest absolute Gasteiger partial charge is 0.407 e. The van der Waals surface area contributed by atoms with Gasteiger partial charge in [0.05, 0.1) is 35.8 Å². The molecular weight excluding hydrogens is 799 g/mol. The summed E-state index contributed by atoms with van der Waals surface area (Å²) in [6.45, 7) is 15.2. The molecule has 0 saturated carbocycles. The van der Waals surface area contributed by atoms with Crippen molar-refractivity contribution in [3.8, 4) is 11.3 Å². The van der Waals surface area contributed by atoms with Crippen molar-refractivity contribution < 1.29 is 34.5 Å². The van der Waals surface area contributed by atoms with Crippen LogP contribution >= 0.6 is 0 Å². The van der Waals surface area contributed by atoms with Gasteiger partial charge in [-0.05, 0) is 79.3 Å². The van der Waals surface area contributed by atoms with Gasteiger partial charge in [0.15, 0.2) is 0 Å². The fourth-order valence-electron chi connectivity index (χ4n) is 8.33. The number of pyridine rings is 2. The highest BCUT2D eigenvalue weighted by molar-refractivity contribution is 5.89. The highest BCUT2D eigenvalue weighted by Gasteiger charge is 2.45. The standard InChI is InChI=1S/C49H65N7O7/c1-47(2,3)41(54(9)46(61)62)43(58)52-36(28-33-21-23-34(24-22-33)37-19-13-14-25-50-37)30-39(57)38(29-32-16-11-10-12-17-32)53-44(59)42(48(4,5)6)56-27-26-55(45(56)60)31-35-18-15-20-40(51-35)49(7,8)63/h10-25,36,38-39,41-42,57,63H,26-31H2,1-9H3,(H,52,58)(H,53,59)(H,61,62)/t36-,38-,39-,41+,42+/m0/s1. The van der Waals surface area contributed by atoms with Crippen molar-refractivity contribution in [2.45, 2.75) is 117 Å². The fourth-order valence-corrected chi connectivity index (χ4v) is 8.33. The number of hydrogen-bond acceptors (Lipinski definition) is 8. The lowest BCUT2D eigenvalue weighted by Gasteiger charge is -2.38. The molecule has 63 heavy (non-hydrogen) atoms. The van der Waals surface area contributed by atoms with E-state index in [0.29, 0.717) is 24.4 Å². The molecule has 4 aromatic rings. The molecule has 1 aliphatic heterocycles. The van der Waals surface area contributed by atoms with Crippen molar-refractivity contribution in [1.82, 2.24) is 35.3 Å². The Labute approximate surface area is 371 Å². The van der Waals surface area contributed by atoms with Gasteiger partial charge in [-0.2, -0.15) is 0 Å². The summed E-state index contributed by atoms with van der Waals surface area (Å²) < 4.78 is 0. The molecule has 2 aromatic carbocycles. The zero-order valence-electron chi connectivity index (χ0n) is 38.1. The summed E-state index contributed by atoms with van der Waals surface area (Å²) in [7, 11) is 1.37. The average molecular weight is 864 g/mol. The third-order valence-corrected chi connectivity index (χ3v) is 11.4. The molecule has 0 radical (unpaired) electrons. The van der Waals surface area contributed by atoms with Crippen LogP contribution in [0.15, 0.2) is 97.2 Å². The summed E-state index contributed by atoms with van der Waals surface area (Å²) in [6.07, 6.45) is -0.172. The van der Waals surface area contributed by atoms with Crippen LogP contribution in [-0.4, -0.2) is 114 Å². The van der Waals surface area contributed by atoms with Gasteiger partial charge in [0.1, 0.15) is 17.7 Å². The highest BCUT2D eigenvalue weighted by Crippen LogP contribution is 2.30. The van der Waals surface area contributed by atoms with Crippen LogP contribution in [0.5, 0.6) is 0 Å². The van der Waals surface area contributed by atoms with Crippen LogP contribution < -0.4 is 10.6 Å². The first-order valence-corrected chi connectivity index (χ1v) is 21.6. The fraction of sp³-hybridized carbons (Fsp3) is 0.469. The number of likely N-dealkylation sites (N-methyl/N-ethyl adjacent to an activating group) is 1. The second-order valence-corrected chi connectivity index (χ2v) is 19.3. The van der Waals surface area contributed by atoms with Crippen LogP contribution in [0, 0.1) is 10.8 Å². The summed E-state index contributed by atoms with van der Waals surface area (Å²) in [5.41, 5.74) is 1.90. The maximum absolute atomic E-state index is 14.7. The van der Waals surface area contributed by atoms with Crippen molar-refractivity contribution >= 4 is 23.9 Å². The molecule has 2 aromatic heterocycles. The van der Waals surface area contributed by atoms with E-state index in [1.807, 2.05) is 93.6 Å². The van der Waals surface area contributed by atoms with E-state index in [9.17, 15) is 34.5 Å². The lowest BCUT2D eigenvalue weighted by molar-refractivity contribution is -0.131. The first kappa shape index (κ1) is 48.2. The molecule has 5 atom stereocenters. The van der Waals surface area contributed by atoms with Gasteiger partial charge in [0.2, 0.25) is 11.8 Å². The number of nitrogens with zero attached hydrogens (tertiary/aromatic N) is 5. The molecule has 338 valence electrons. The molecule has 5 N–H and O–H groups in total. The van der Waals surface area contributed by atoms with Gasteiger partial charge in [-0.15, -0.1) is 0 Å². The van der Waals surface area contributed by atoms with Crippen LogP contribution in [0.2, 0.25) is 0 Å². The number of aromatic nitrogens is 2. The molecule has 1 saturated heterocycles. The predicted molar refractivity (Wildman–Crippen MR) is 242 cm³/mol. The minimum atomic E-state index is -1.25. The van der Waals surface area contributed by atoms with Gasteiger partial charge in [0, 0.05) is 37.9 Å². The van der Waals surface area contributed by atoms with E-state index in [4.69, 9.17) is 0 Å². The van der Waals surface area contributed by atoms with E-state index >= 15 is 0 Å². The van der Waals surface area contributed by atoms with Crippen molar-refractivity contribution in [2.24, 2.45) is 10.8 Å². The summed E-state index contributed by atoms with van der Waals surface area (Å²) in [5, 5.41) is 38.9. The predicted octanol–water partition coefficient (Wildman–Crippen LogP) is 6.25. The second-order valence-electron chi connectivity index (χ2n) is 19.3. The monoisotopic (exact) mass is 863 g/mol. The van der Waals surface area contributed by atoms with Crippen LogP contribution in [0.4, 0.5) is 9.59 Å². The largest absolute Gasteiger partial charge is 0.465 e. The third-order valence-electron chi connectivity index (χ3n) is 11.4. The maximum Gasteiger partial charge on any atom is 0.407 e. The molecule has 14 nitrogen and oxygen atoms in total. The molecule has 3 heterocycles. The van der Waals surface area contributed by atoms with Crippen molar-refractivity contribution in [3.05, 3.63) is 120 Å². The number of carbonyl (C=O) groups is 4. The number of nitrogens with one attached hydrogen (secondary N) is 2. The number of aliphatic hydroxyl groups is 2. The van der Waals surface area contributed by atoms with Crippen molar-refractivity contribution in [3.63, 3.8) is 0 Å². The zero-order valence-corrected chi connectivity index (χ0v) is 38.1. The third kappa shape index (κ3) is 12.9. The molecule has 14 heteroatoms. The number of urea groups is 1. The number of hydrogen-bond donors (Lipinski definition) is 5. The number of carboxylic acid groups (broad SMARTS) is 1. The molecule has 0 spiro atoms. The number of aliphatic hydroxyl groups excluding tert-OH is 1. The van der Waals surface area contributed by atoms with Crippen LogP contribution in [0.25, 0.3) is 11.3 Å². The Kier molecular flexibility index (Phi) is 15.4. The van der Waals surface area contributed by atoms with E-state index in [1.54, 1.807) is 68.8 Å². The Hall–Kier alpha value is -5.86. The van der Waals surface area contributed by atoms with Gasteiger partial charge in [0.25, 0.3) is 0 Å². The molecule has 0 unspecified atom stereocenters. The SMILES string of the molecule is CN(C(=O)O)[C@H](C(=O)N[C@@H](Cc1ccc(-c2ccccn2)cc1)C[C@H](O)[C@H](Cc1ccccc1)NC(=O)[C@@H](N1CCN(Cc2cccc(C(C)(C)O)n2)C1=O)C(C)(C)C)C(C)(C)C. The van der Waals surface area contributed by atoms with Gasteiger partial charge in [-0.3, -0.25) is 24.5 Å². The summed E-state index contributed by atoms with van der Waals surface area (Å²) in [5.74, 6) is -0.938. The quantitative estimate of drug-likeness (QED) is 0.0817. The summed E-state index contributed by atoms with van der Waals surface area (Å²) >= 11 is 0. The highest BCUT2D eigenvalue weighted by atomic mass is 16.4. The molecule has 0 aliphatic carbocycles. The minimum absolute atomic E-state index is 0.00643. The molecule has 1 aliphatic rings. The maximum atomic E-state index is 14.7. The molecule has 1 fully saturated rings.